The highest BCUT2D eigenvalue weighted by molar-refractivity contribution is 7.98. The summed E-state index contributed by atoms with van der Waals surface area (Å²) in [5.74, 6) is 0.727. The summed E-state index contributed by atoms with van der Waals surface area (Å²) in [7, 11) is 0. The largest absolute Gasteiger partial charge is 0.338 e. The van der Waals surface area contributed by atoms with Crippen molar-refractivity contribution < 1.29 is 9.18 Å². The van der Waals surface area contributed by atoms with Crippen LogP contribution in [0.15, 0.2) is 29.4 Å². The lowest BCUT2D eigenvalue weighted by atomic mass is 9.81. The van der Waals surface area contributed by atoms with Crippen molar-refractivity contribution in [2.45, 2.75) is 43.9 Å². The summed E-state index contributed by atoms with van der Waals surface area (Å²) < 4.78 is 15.7. The molecule has 1 aromatic carbocycles. The molecule has 2 aliphatic rings. The molecular formula is C25H30FN5OS2. The Morgan fingerprint density at radius 2 is 2.03 bits per heavy atom. The lowest BCUT2D eigenvalue weighted by molar-refractivity contribution is 0.0747. The number of benzene rings is 1. The van der Waals surface area contributed by atoms with Gasteiger partial charge in [0.15, 0.2) is 0 Å². The highest BCUT2D eigenvalue weighted by atomic mass is 32.2. The summed E-state index contributed by atoms with van der Waals surface area (Å²) in [6, 6.07) is 3.13. The van der Waals surface area contributed by atoms with Crippen molar-refractivity contribution >= 4 is 39.2 Å². The van der Waals surface area contributed by atoms with E-state index >= 15 is 0 Å². The van der Waals surface area contributed by atoms with E-state index in [1.807, 2.05) is 23.5 Å². The van der Waals surface area contributed by atoms with Crippen molar-refractivity contribution in [2.75, 3.05) is 32.4 Å². The van der Waals surface area contributed by atoms with E-state index in [-0.39, 0.29) is 16.9 Å². The number of hydrogen-bond acceptors (Lipinski definition) is 7. The number of likely N-dealkylation sites (tertiary alicyclic amines) is 1. The third-order valence-electron chi connectivity index (χ3n) is 7.11. The summed E-state index contributed by atoms with van der Waals surface area (Å²) >= 11 is 3.21. The zero-order valence-electron chi connectivity index (χ0n) is 19.6. The third kappa shape index (κ3) is 4.97. The number of thiazole rings is 1. The Bertz CT molecular complexity index is 1180. The van der Waals surface area contributed by atoms with Crippen LogP contribution in [-0.4, -0.2) is 58.2 Å². The molecule has 0 saturated carbocycles. The van der Waals surface area contributed by atoms with Crippen LogP contribution in [0.25, 0.3) is 10.2 Å². The molecule has 180 valence electrons. The van der Waals surface area contributed by atoms with Crippen LogP contribution in [0.3, 0.4) is 0 Å². The minimum absolute atomic E-state index is 0.174. The summed E-state index contributed by atoms with van der Waals surface area (Å²) in [5, 5.41) is 4.29. The van der Waals surface area contributed by atoms with E-state index < -0.39 is 5.82 Å². The number of aryl methyl sites for hydroxylation is 2. The molecule has 4 heterocycles. The zero-order valence-corrected chi connectivity index (χ0v) is 21.3. The fourth-order valence-electron chi connectivity index (χ4n) is 4.78. The first-order chi connectivity index (χ1) is 16.4. The summed E-state index contributed by atoms with van der Waals surface area (Å²) in [6.45, 7) is 5.56. The van der Waals surface area contributed by atoms with Crippen LogP contribution < -0.4 is 5.32 Å². The number of hydrogen-bond donors (Lipinski definition) is 1. The van der Waals surface area contributed by atoms with Crippen molar-refractivity contribution in [3.63, 3.8) is 0 Å². The molecule has 1 N–H and O–H groups in total. The van der Waals surface area contributed by atoms with E-state index in [2.05, 4.69) is 27.2 Å². The van der Waals surface area contributed by atoms with Gasteiger partial charge in [-0.15, -0.1) is 23.1 Å². The van der Waals surface area contributed by atoms with Gasteiger partial charge in [-0.25, -0.2) is 19.3 Å². The zero-order chi connectivity index (χ0) is 23.7. The van der Waals surface area contributed by atoms with Gasteiger partial charge in [-0.05, 0) is 43.9 Å². The van der Waals surface area contributed by atoms with Crippen LogP contribution >= 0.6 is 23.1 Å². The summed E-state index contributed by atoms with van der Waals surface area (Å²) in [6.07, 6.45) is 10.5. The van der Waals surface area contributed by atoms with Crippen LogP contribution in [0, 0.1) is 17.2 Å². The fourth-order valence-corrected chi connectivity index (χ4v) is 6.10. The Labute approximate surface area is 207 Å². The van der Waals surface area contributed by atoms with Crippen molar-refractivity contribution in [2.24, 2.45) is 11.3 Å². The highest BCUT2D eigenvalue weighted by Crippen LogP contribution is 2.35. The minimum atomic E-state index is -0.470. The Morgan fingerprint density at radius 3 is 2.71 bits per heavy atom. The van der Waals surface area contributed by atoms with Crippen molar-refractivity contribution in [1.82, 2.24) is 25.2 Å². The number of carbonyl (C=O) groups excluding carboxylic acids is 1. The van der Waals surface area contributed by atoms with Gasteiger partial charge in [0.25, 0.3) is 5.91 Å². The number of halogens is 1. The molecule has 3 aromatic rings. The van der Waals surface area contributed by atoms with Crippen LogP contribution in [0.2, 0.25) is 0 Å². The molecule has 0 radical (unpaired) electrons. The standard InChI is InChI=1S/C25H30FN5OS2/c1-16(3-5-22-28-11-17(33-2)12-29-22)4-6-23-30-20-10-19(26)18(9-21(20)34-23)24(32)31-8-7-25(15-31)13-27-14-25/h9-12,16,27H,3-8,13-15H2,1-2H3/t16-/m0/s1. The maximum absolute atomic E-state index is 14.8. The molecule has 2 aromatic heterocycles. The molecule has 34 heavy (non-hydrogen) atoms. The second kappa shape index (κ2) is 9.87. The van der Waals surface area contributed by atoms with Crippen LogP contribution in [0.5, 0.6) is 0 Å². The quantitative estimate of drug-likeness (QED) is 0.458. The fraction of sp³-hybridized carbons (Fsp3) is 0.520. The predicted molar refractivity (Wildman–Crippen MR) is 135 cm³/mol. The number of thioether (sulfide) groups is 1. The SMILES string of the molecule is CSc1cnc(CC[C@H](C)CCc2nc3cc(F)c(C(=O)N4CCC5(CNC5)C4)cc3s2)nc1. The van der Waals surface area contributed by atoms with E-state index in [0.717, 1.165) is 72.2 Å². The maximum atomic E-state index is 14.8. The van der Waals surface area contributed by atoms with E-state index in [1.165, 1.54) is 6.07 Å². The normalized spacial score (nSPS) is 17.9. The molecule has 1 amide bonds. The Morgan fingerprint density at radius 1 is 1.26 bits per heavy atom. The molecule has 1 atom stereocenters. The first-order valence-corrected chi connectivity index (χ1v) is 13.9. The lowest BCUT2D eigenvalue weighted by Crippen LogP contribution is -2.55. The maximum Gasteiger partial charge on any atom is 0.256 e. The predicted octanol–water partition coefficient (Wildman–Crippen LogP) is 4.58. The Balaban J connectivity index is 1.19. The van der Waals surface area contributed by atoms with Gasteiger partial charge in [-0.2, -0.15) is 0 Å². The third-order valence-corrected chi connectivity index (χ3v) is 8.87. The number of amides is 1. The molecule has 9 heteroatoms. The first-order valence-electron chi connectivity index (χ1n) is 11.9. The summed E-state index contributed by atoms with van der Waals surface area (Å²) in [4.78, 5) is 29.4. The molecule has 2 saturated heterocycles. The van der Waals surface area contributed by atoms with Gasteiger partial charge in [-0.1, -0.05) is 6.92 Å². The molecule has 2 aliphatic heterocycles. The number of rotatable bonds is 8. The summed E-state index contributed by atoms with van der Waals surface area (Å²) in [5.41, 5.74) is 1.02. The molecule has 2 fully saturated rings. The van der Waals surface area contributed by atoms with Gasteiger partial charge < -0.3 is 10.2 Å². The number of nitrogens with one attached hydrogen (secondary N) is 1. The van der Waals surface area contributed by atoms with E-state index in [1.54, 1.807) is 29.2 Å². The smallest absolute Gasteiger partial charge is 0.256 e. The van der Waals surface area contributed by atoms with Gasteiger partial charge >= 0.3 is 0 Å². The monoisotopic (exact) mass is 499 g/mol. The van der Waals surface area contributed by atoms with Gasteiger partial charge in [0.05, 0.1) is 20.8 Å². The number of aromatic nitrogens is 3. The van der Waals surface area contributed by atoms with E-state index in [4.69, 9.17) is 0 Å². The number of nitrogens with zero attached hydrogens (tertiary/aromatic N) is 4. The molecule has 0 bridgehead atoms. The van der Waals surface area contributed by atoms with Crippen molar-refractivity contribution in [3.05, 3.63) is 46.7 Å². The average molecular weight is 500 g/mol. The van der Waals surface area contributed by atoms with Crippen molar-refractivity contribution in [3.8, 4) is 0 Å². The van der Waals surface area contributed by atoms with Crippen molar-refractivity contribution in [1.29, 1.82) is 0 Å². The molecule has 0 aliphatic carbocycles. The second-order valence-corrected chi connectivity index (χ2v) is 11.7. The highest BCUT2D eigenvalue weighted by Gasteiger charge is 2.44. The first kappa shape index (κ1) is 23.6. The molecule has 1 spiro atoms. The topological polar surface area (TPSA) is 71.0 Å². The van der Waals surface area contributed by atoms with Gasteiger partial charge in [0.2, 0.25) is 0 Å². The van der Waals surface area contributed by atoms with E-state index in [9.17, 15) is 9.18 Å². The van der Waals surface area contributed by atoms with Gasteiger partial charge in [0.1, 0.15) is 11.6 Å². The molecule has 0 unspecified atom stereocenters. The molecule has 5 rings (SSSR count). The van der Waals surface area contributed by atoms with Gasteiger partial charge in [-0.3, -0.25) is 4.79 Å². The van der Waals surface area contributed by atoms with Crippen LogP contribution in [-0.2, 0) is 12.8 Å². The van der Waals surface area contributed by atoms with Gasteiger partial charge in [0, 0.05) is 61.4 Å². The number of fused-ring (bicyclic) bond motifs is 1. The second-order valence-electron chi connectivity index (χ2n) is 9.71. The number of carbonyl (C=O) groups is 1. The van der Waals surface area contributed by atoms with Crippen LogP contribution in [0.4, 0.5) is 4.39 Å². The molecular weight excluding hydrogens is 469 g/mol. The average Bonchev–Trinajstić information content (AvgIpc) is 3.45. The van der Waals surface area contributed by atoms with E-state index in [0.29, 0.717) is 18.0 Å². The minimum Gasteiger partial charge on any atom is -0.338 e. The molecule has 6 nitrogen and oxygen atoms in total. The Hall–Kier alpha value is -2.10. The van der Waals surface area contributed by atoms with Crippen LogP contribution in [0.1, 0.15) is 47.4 Å². The lowest BCUT2D eigenvalue weighted by Gasteiger charge is -2.39. The Kier molecular flexibility index (Phi) is 6.86.